The summed E-state index contributed by atoms with van der Waals surface area (Å²) in [5.41, 5.74) is 4.71. The van der Waals surface area contributed by atoms with E-state index in [-0.39, 0.29) is 19.0 Å². The predicted octanol–water partition coefficient (Wildman–Crippen LogP) is -1.07. The summed E-state index contributed by atoms with van der Waals surface area (Å²) in [6.45, 7) is 3.26. The number of thiazole rings is 1. The van der Waals surface area contributed by atoms with E-state index in [1.54, 1.807) is 11.3 Å². The molecule has 0 unspecified atom stereocenters. The molecule has 0 saturated carbocycles. The van der Waals surface area contributed by atoms with E-state index in [2.05, 4.69) is 41.3 Å². The van der Waals surface area contributed by atoms with Crippen molar-refractivity contribution >= 4 is 11.3 Å². The molecule has 1 aromatic carbocycles. The number of rotatable bonds is 4. The van der Waals surface area contributed by atoms with Crippen LogP contribution in [0.15, 0.2) is 35.8 Å². The minimum absolute atomic E-state index is 0. The van der Waals surface area contributed by atoms with Gasteiger partial charge in [0.2, 0.25) is 5.51 Å². The second-order valence-electron chi connectivity index (χ2n) is 3.82. The summed E-state index contributed by atoms with van der Waals surface area (Å²) < 4.78 is 2.24. The van der Waals surface area contributed by atoms with Crippen molar-refractivity contribution in [2.75, 3.05) is 6.61 Å². The Morgan fingerprint density at radius 3 is 2.59 bits per heavy atom. The van der Waals surface area contributed by atoms with E-state index < -0.39 is 0 Å². The van der Waals surface area contributed by atoms with Crippen molar-refractivity contribution in [3.8, 4) is 0 Å². The molecule has 17 heavy (non-hydrogen) atoms. The molecule has 0 amide bonds. The normalized spacial score (nSPS) is 10.0. The number of hydrogen-bond donors (Lipinski definition) is 1. The molecule has 0 aliphatic rings. The first-order valence-electron chi connectivity index (χ1n) is 5.42. The summed E-state index contributed by atoms with van der Waals surface area (Å²) in [6, 6.07) is 10.4. The summed E-state index contributed by atoms with van der Waals surface area (Å²) in [5.74, 6) is 0. The Kier molecular flexibility index (Phi) is 5.62. The standard InChI is InChI=1S/C13H16NOS.ClH/c1-11-13(7-8-15)16-10-14(11)9-12-5-3-2-4-6-12;/h2-6,10,15H,7-9H2,1H3;1H/q+1;/p-1. The van der Waals surface area contributed by atoms with Gasteiger partial charge in [0.05, 0.1) is 4.88 Å². The fourth-order valence-electron chi connectivity index (χ4n) is 1.73. The lowest BCUT2D eigenvalue weighted by Gasteiger charge is -1.97. The van der Waals surface area contributed by atoms with Gasteiger partial charge >= 0.3 is 0 Å². The molecule has 0 fully saturated rings. The van der Waals surface area contributed by atoms with Crippen molar-refractivity contribution < 1.29 is 22.1 Å². The van der Waals surface area contributed by atoms with Crippen LogP contribution >= 0.6 is 11.3 Å². The number of benzene rings is 1. The molecule has 1 aromatic heterocycles. The summed E-state index contributed by atoms with van der Waals surface area (Å²) >= 11 is 1.72. The molecule has 2 nitrogen and oxygen atoms in total. The predicted molar refractivity (Wildman–Crippen MR) is 65.6 cm³/mol. The maximum atomic E-state index is 8.94. The van der Waals surface area contributed by atoms with Crippen LogP contribution in [0.3, 0.4) is 0 Å². The van der Waals surface area contributed by atoms with Crippen LogP contribution in [0.4, 0.5) is 0 Å². The molecule has 2 rings (SSSR count). The van der Waals surface area contributed by atoms with Crippen molar-refractivity contribution in [3.63, 3.8) is 0 Å². The zero-order chi connectivity index (χ0) is 11.4. The second-order valence-corrected chi connectivity index (χ2v) is 4.76. The molecular formula is C13H16ClNOS. The number of aromatic nitrogens is 1. The zero-order valence-corrected chi connectivity index (χ0v) is 11.3. The number of halogens is 1. The molecule has 0 atom stereocenters. The quantitative estimate of drug-likeness (QED) is 0.703. The van der Waals surface area contributed by atoms with Crippen molar-refractivity contribution in [1.29, 1.82) is 0 Å². The van der Waals surface area contributed by atoms with Crippen LogP contribution < -0.4 is 17.0 Å². The molecule has 0 saturated heterocycles. The number of aliphatic hydroxyl groups excluding tert-OH is 1. The third kappa shape index (κ3) is 3.53. The van der Waals surface area contributed by atoms with E-state index >= 15 is 0 Å². The van der Waals surface area contributed by atoms with E-state index in [0.717, 1.165) is 13.0 Å². The number of aliphatic hydroxyl groups is 1. The smallest absolute Gasteiger partial charge is 0.225 e. The van der Waals surface area contributed by atoms with Gasteiger partial charge in [-0.1, -0.05) is 41.7 Å². The highest BCUT2D eigenvalue weighted by Gasteiger charge is 2.14. The zero-order valence-electron chi connectivity index (χ0n) is 9.77. The highest BCUT2D eigenvalue weighted by molar-refractivity contribution is 7.09. The topological polar surface area (TPSA) is 24.1 Å². The second kappa shape index (κ2) is 6.74. The minimum Gasteiger partial charge on any atom is -1.00 e. The maximum Gasteiger partial charge on any atom is 0.225 e. The Balaban J connectivity index is 0.00000144. The van der Waals surface area contributed by atoms with Gasteiger partial charge in [-0.3, -0.25) is 0 Å². The fraction of sp³-hybridized carbons (Fsp3) is 0.308. The molecule has 0 bridgehead atoms. The highest BCUT2D eigenvalue weighted by Crippen LogP contribution is 2.12. The average molecular weight is 270 g/mol. The van der Waals surface area contributed by atoms with Gasteiger partial charge in [0, 0.05) is 25.5 Å². The van der Waals surface area contributed by atoms with Gasteiger partial charge in [0.25, 0.3) is 0 Å². The highest BCUT2D eigenvalue weighted by atomic mass is 35.5. The molecule has 0 spiro atoms. The lowest BCUT2D eigenvalue weighted by atomic mass is 10.2. The fourth-order valence-corrected chi connectivity index (χ4v) is 2.71. The van der Waals surface area contributed by atoms with Crippen molar-refractivity contribution in [2.24, 2.45) is 0 Å². The van der Waals surface area contributed by atoms with Crippen molar-refractivity contribution in [1.82, 2.24) is 0 Å². The number of hydrogen-bond acceptors (Lipinski definition) is 2. The van der Waals surface area contributed by atoms with E-state index in [0.29, 0.717) is 0 Å². The van der Waals surface area contributed by atoms with Crippen LogP contribution in [0.25, 0.3) is 0 Å². The average Bonchev–Trinajstić information content (AvgIpc) is 2.64. The Labute approximate surface area is 112 Å². The van der Waals surface area contributed by atoms with Crippen LogP contribution in [-0.4, -0.2) is 11.7 Å². The minimum atomic E-state index is 0. The van der Waals surface area contributed by atoms with E-state index in [1.807, 2.05) is 6.07 Å². The van der Waals surface area contributed by atoms with Gasteiger partial charge < -0.3 is 17.5 Å². The maximum absolute atomic E-state index is 8.94. The van der Waals surface area contributed by atoms with Crippen molar-refractivity contribution in [2.45, 2.75) is 19.9 Å². The summed E-state index contributed by atoms with van der Waals surface area (Å²) in [6.07, 6.45) is 0.762. The molecule has 92 valence electrons. The molecule has 2 aromatic rings. The molecule has 0 aliphatic heterocycles. The molecule has 1 N–H and O–H groups in total. The van der Waals surface area contributed by atoms with Gasteiger partial charge in [-0.15, -0.1) is 0 Å². The summed E-state index contributed by atoms with van der Waals surface area (Å²) in [4.78, 5) is 1.28. The molecular weight excluding hydrogens is 254 g/mol. The Hall–Kier alpha value is -0.900. The van der Waals surface area contributed by atoms with Crippen LogP contribution in [-0.2, 0) is 13.0 Å². The largest absolute Gasteiger partial charge is 1.00 e. The van der Waals surface area contributed by atoms with Gasteiger partial charge in [-0.05, 0) is 0 Å². The lowest BCUT2D eigenvalue weighted by Crippen LogP contribution is -3.00. The van der Waals surface area contributed by atoms with Crippen LogP contribution in [0, 0.1) is 6.92 Å². The first kappa shape index (κ1) is 14.2. The lowest BCUT2D eigenvalue weighted by molar-refractivity contribution is -0.689. The SMILES string of the molecule is Cc1c(CCO)sc[n+]1Cc1ccccc1.[Cl-]. The third-order valence-corrected chi connectivity index (χ3v) is 3.84. The van der Waals surface area contributed by atoms with E-state index in [4.69, 9.17) is 5.11 Å². The van der Waals surface area contributed by atoms with Crippen molar-refractivity contribution in [3.05, 3.63) is 52.0 Å². The molecule has 0 radical (unpaired) electrons. The van der Waals surface area contributed by atoms with E-state index in [9.17, 15) is 0 Å². The summed E-state index contributed by atoms with van der Waals surface area (Å²) in [7, 11) is 0. The van der Waals surface area contributed by atoms with Gasteiger partial charge in [-0.25, -0.2) is 0 Å². The monoisotopic (exact) mass is 269 g/mol. The van der Waals surface area contributed by atoms with Gasteiger partial charge in [-0.2, -0.15) is 4.57 Å². The summed E-state index contributed by atoms with van der Waals surface area (Å²) in [5, 5.41) is 8.94. The van der Waals surface area contributed by atoms with Gasteiger partial charge in [0.15, 0.2) is 12.2 Å². The Morgan fingerprint density at radius 2 is 1.94 bits per heavy atom. The first-order valence-corrected chi connectivity index (χ1v) is 6.30. The molecule has 4 heteroatoms. The van der Waals surface area contributed by atoms with Crippen LogP contribution in [0.2, 0.25) is 0 Å². The van der Waals surface area contributed by atoms with E-state index in [1.165, 1.54) is 16.1 Å². The molecule has 0 aliphatic carbocycles. The first-order chi connectivity index (χ1) is 7.81. The Bertz CT molecular complexity index is 456. The van der Waals surface area contributed by atoms with Gasteiger partial charge in [0.1, 0.15) is 0 Å². The Morgan fingerprint density at radius 1 is 1.24 bits per heavy atom. The molecule has 1 heterocycles. The third-order valence-electron chi connectivity index (χ3n) is 2.69. The number of nitrogens with zero attached hydrogens (tertiary/aromatic N) is 1. The van der Waals surface area contributed by atoms with Crippen LogP contribution in [0.5, 0.6) is 0 Å². The van der Waals surface area contributed by atoms with Crippen LogP contribution in [0.1, 0.15) is 16.1 Å².